The van der Waals surface area contributed by atoms with E-state index >= 15 is 0 Å². The largest absolute Gasteiger partial charge is 0.326 e. The highest BCUT2D eigenvalue weighted by Crippen LogP contribution is 2.28. The Labute approximate surface area is 163 Å². The number of hydrogen-bond donors (Lipinski definition) is 1. The molecule has 0 aliphatic heterocycles. The number of aromatic nitrogens is 2. The average Bonchev–Trinajstić information content (AvgIpc) is 2.99. The summed E-state index contributed by atoms with van der Waals surface area (Å²) >= 11 is 6.09. The van der Waals surface area contributed by atoms with Gasteiger partial charge in [-0.25, -0.2) is 8.42 Å². The minimum Gasteiger partial charge on any atom is -0.326 e. The summed E-state index contributed by atoms with van der Waals surface area (Å²) in [6.07, 6.45) is 2.95. The summed E-state index contributed by atoms with van der Waals surface area (Å²) in [4.78, 5) is 12.5. The van der Waals surface area contributed by atoms with E-state index in [-0.39, 0.29) is 23.3 Å². The third-order valence-electron chi connectivity index (χ3n) is 4.13. The molecule has 0 radical (unpaired) electrons. The molecule has 27 heavy (non-hydrogen) atoms. The Kier molecular flexibility index (Phi) is 5.26. The zero-order valence-electron chi connectivity index (χ0n) is 15.2. The number of carbonyl (C=O) groups excluding carboxylic acids is 1. The Hall–Kier alpha value is -2.38. The molecule has 1 N–H and O–H groups in total. The fourth-order valence-corrected chi connectivity index (χ4v) is 3.87. The molecule has 8 heteroatoms. The lowest BCUT2D eigenvalue weighted by Gasteiger charge is -2.09. The van der Waals surface area contributed by atoms with Gasteiger partial charge >= 0.3 is 0 Å². The van der Waals surface area contributed by atoms with Crippen LogP contribution in [0, 0.1) is 0 Å². The van der Waals surface area contributed by atoms with Crippen LogP contribution in [0.3, 0.4) is 0 Å². The molecule has 3 aromatic rings. The van der Waals surface area contributed by atoms with Gasteiger partial charge in [0.05, 0.1) is 16.8 Å². The van der Waals surface area contributed by atoms with Gasteiger partial charge in [0.1, 0.15) is 0 Å². The number of hydrogen-bond acceptors (Lipinski definition) is 4. The van der Waals surface area contributed by atoms with Crippen LogP contribution in [-0.2, 0) is 21.1 Å². The lowest BCUT2D eigenvalue weighted by molar-refractivity contribution is -0.115. The minimum atomic E-state index is -3.49. The van der Waals surface area contributed by atoms with Crippen LogP contribution in [0.2, 0.25) is 5.02 Å². The van der Waals surface area contributed by atoms with Crippen molar-refractivity contribution in [3.63, 3.8) is 0 Å². The van der Waals surface area contributed by atoms with Crippen molar-refractivity contribution in [2.75, 3.05) is 11.6 Å². The van der Waals surface area contributed by atoms with Crippen LogP contribution in [-0.4, -0.2) is 30.4 Å². The Bertz CT molecular complexity index is 1120. The first-order valence-electron chi connectivity index (χ1n) is 8.41. The molecular weight excluding hydrogens is 386 g/mol. The molecule has 1 heterocycles. The van der Waals surface area contributed by atoms with Crippen molar-refractivity contribution in [2.24, 2.45) is 0 Å². The third kappa shape index (κ3) is 4.31. The van der Waals surface area contributed by atoms with Gasteiger partial charge in [0.2, 0.25) is 5.91 Å². The number of halogens is 1. The maximum Gasteiger partial charge on any atom is 0.228 e. The normalized spacial score (nSPS) is 11.9. The zero-order chi connectivity index (χ0) is 19.8. The summed E-state index contributed by atoms with van der Waals surface area (Å²) in [6.45, 7) is 3.91. The summed E-state index contributed by atoms with van der Waals surface area (Å²) in [7, 11) is -3.49. The molecule has 0 aliphatic carbocycles. The van der Waals surface area contributed by atoms with Crippen molar-refractivity contribution >= 4 is 43.9 Å². The molecule has 2 aromatic carbocycles. The van der Waals surface area contributed by atoms with Crippen LogP contribution in [0.4, 0.5) is 5.69 Å². The van der Waals surface area contributed by atoms with Crippen LogP contribution in [0.5, 0.6) is 0 Å². The van der Waals surface area contributed by atoms with Crippen LogP contribution in [0.15, 0.2) is 47.5 Å². The van der Waals surface area contributed by atoms with E-state index in [1.165, 1.54) is 6.07 Å². The summed E-state index contributed by atoms with van der Waals surface area (Å²) in [5, 5.41) is 8.23. The lowest BCUT2D eigenvalue weighted by Crippen LogP contribution is -2.15. The standard InChI is InChI=1S/C19H20ClN3O3S/c1-12(2)23-11-15-17(22-23)9-14(10-18(15)27(3,25)26)21-19(24)8-13-6-4-5-7-16(13)20/h4-7,9-12H,8H2,1-3H3,(H,21,24). The van der Waals surface area contributed by atoms with Crippen molar-refractivity contribution in [2.45, 2.75) is 31.2 Å². The molecule has 0 bridgehead atoms. The first kappa shape index (κ1) is 19.4. The SMILES string of the molecule is CC(C)n1cc2c(S(C)(=O)=O)cc(NC(=O)Cc3ccccc3Cl)cc2n1. The fourth-order valence-electron chi connectivity index (χ4n) is 2.77. The van der Waals surface area contributed by atoms with Gasteiger partial charge in [0.25, 0.3) is 0 Å². The Morgan fingerprint density at radius 1 is 1.26 bits per heavy atom. The highest BCUT2D eigenvalue weighted by molar-refractivity contribution is 7.91. The number of fused-ring (bicyclic) bond motifs is 1. The Balaban J connectivity index is 1.97. The van der Waals surface area contributed by atoms with Gasteiger partial charge in [-0.1, -0.05) is 29.8 Å². The molecule has 0 atom stereocenters. The van der Waals surface area contributed by atoms with Gasteiger partial charge < -0.3 is 5.32 Å². The second kappa shape index (κ2) is 7.32. The van der Waals surface area contributed by atoms with Gasteiger partial charge in [0, 0.05) is 34.6 Å². The number of nitrogens with zero attached hydrogens (tertiary/aromatic N) is 2. The van der Waals surface area contributed by atoms with E-state index in [9.17, 15) is 13.2 Å². The molecule has 0 aliphatic rings. The quantitative estimate of drug-likeness (QED) is 0.698. The van der Waals surface area contributed by atoms with Gasteiger partial charge in [-0.2, -0.15) is 5.10 Å². The topological polar surface area (TPSA) is 81.1 Å². The molecule has 0 saturated carbocycles. The molecule has 0 fully saturated rings. The zero-order valence-corrected chi connectivity index (χ0v) is 16.8. The van der Waals surface area contributed by atoms with E-state index in [0.717, 1.165) is 6.26 Å². The first-order valence-corrected chi connectivity index (χ1v) is 10.7. The molecule has 6 nitrogen and oxygen atoms in total. The summed E-state index contributed by atoms with van der Waals surface area (Å²) in [6, 6.07) is 10.3. The van der Waals surface area contributed by atoms with Gasteiger partial charge in [-0.15, -0.1) is 0 Å². The van der Waals surface area contributed by atoms with E-state index in [4.69, 9.17) is 11.6 Å². The Morgan fingerprint density at radius 3 is 2.59 bits per heavy atom. The van der Waals surface area contributed by atoms with Crippen molar-refractivity contribution in [3.8, 4) is 0 Å². The fraction of sp³-hybridized carbons (Fsp3) is 0.263. The number of amides is 1. The van der Waals surface area contributed by atoms with Crippen molar-refractivity contribution in [3.05, 3.63) is 53.2 Å². The third-order valence-corrected chi connectivity index (χ3v) is 5.63. The van der Waals surface area contributed by atoms with E-state index < -0.39 is 9.84 Å². The second-order valence-corrected chi connectivity index (χ2v) is 9.09. The van der Waals surface area contributed by atoms with Crippen molar-refractivity contribution < 1.29 is 13.2 Å². The van der Waals surface area contributed by atoms with Crippen molar-refractivity contribution in [1.82, 2.24) is 9.78 Å². The molecule has 0 saturated heterocycles. The Morgan fingerprint density at radius 2 is 1.96 bits per heavy atom. The monoisotopic (exact) mass is 405 g/mol. The smallest absolute Gasteiger partial charge is 0.228 e. The maximum absolute atomic E-state index is 12.4. The molecule has 0 spiro atoms. The van der Waals surface area contributed by atoms with Crippen LogP contribution in [0.1, 0.15) is 25.5 Å². The summed E-state index contributed by atoms with van der Waals surface area (Å²) < 4.78 is 26.2. The van der Waals surface area contributed by atoms with Crippen LogP contribution in [0.25, 0.3) is 10.9 Å². The molecule has 1 aromatic heterocycles. The number of rotatable bonds is 5. The van der Waals surface area contributed by atoms with Crippen LogP contribution >= 0.6 is 11.6 Å². The average molecular weight is 406 g/mol. The predicted molar refractivity (Wildman–Crippen MR) is 107 cm³/mol. The number of benzene rings is 2. The van der Waals surface area contributed by atoms with E-state index in [1.54, 1.807) is 41.2 Å². The van der Waals surface area contributed by atoms with Gasteiger partial charge in [-0.3, -0.25) is 9.48 Å². The molecule has 142 valence electrons. The van der Waals surface area contributed by atoms with Crippen LogP contribution < -0.4 is 5.32 Å². The highest BCUT2D eigenvalue weighted by Gasteiger charge is 2.18. The number of carbonyl (C=O) groups is 1. The molecule has 1 amide bonds. The van der Waals surface area contributed by atoms with Crippen molar-refractivity contribution in [1.29, 1.82) is 0 Å². The molecule has 3 rings (SSSR count). The van der Waals surface area contributed by atoms with E-state index in [0.29, 0.717) is 27.2 Å². The lowest BCUT2D eigenvalue weighted by atomic mass is 10.1. The summed E-state index contributed by atoms with van der Waals surface area (Å²) in [5.74, 6) is -0.287. The van der Waals surface area contributed by atoms with Gasteiger partial charge in [-0.05, 0) is 37.6 Å². The van der Waals surface area contributed by atoms with E-state index in [2.05, 4.69) is 10.4 Å². The number of nitrogens with one attached hydrogen (secondary N) is 1. The van der Waals surface area contributed by atoms with Gasteiger partial charge in [0.15, 0.2) is 9.84 Å². The number of anilines is 1. The summed E-state index contributed by atoms with van der Waals surface area (Å²) in [5.41, 5.74) is 1.60. The second-order valence-electron chi connectivity index (χ2n) is 6.70. The highest BCUT2D eigenvalue weighted by atomic mass is 35.5. The predicted octanol–water partition coefficient (Wildman–Crippen LogP) is 3.86. The first-order chi connectivity index (χ1) is 12.6. The van der Waals surface area contributed by atoms with E-state index in [1.807, 2.05) is 13.8 Å². The maximum atomic E-state index is 12.4. The molecular formula is C19H20ClN3O3S. The number of sulfone groups is 1. The molecule has 0 unspecified atom stereocenters. The minimum absolute atomic E-state index is 0.0862.